The first kappa shape index (κ1) is 23.5. The van der Waals surface area contributed by atoms with Gasteiger partial charge < -0.3 is 10.2 Å². The zero-order chi connectivity index (χ0) is 19.7. The summed E-state index contributed by atoms with van der Waals surface area (Å²) >= 11 is 0. The molecule has 1 aromatic rings. The lowest BCUT2D eigenvalue weighted by Gasteiger charge is -2.04. The fourth-order valence-electron chi connectivity index (χ4n) is 3.49. The molecule has 0 bridgehead atoms. The predicted octanol–water partition coefficient (Wildman–Crippen LogP) is 7.08. The average Bonchev–Trinajstić information content (AvgIpc) is 2.66. The monoisotopic (exact) mass is 376 g/mol. The van der Waals surface area contributed by atoms with Gasteiger partial charge in [0, 0.05) is 12.8 Å². The van der Waals surface area contributed by atoms with E-state index in [-0.39, 0.29) is 11.5 Å². The van der Waals surface area contributed by atoms with E-state index in [1.54, 1.807) is 6.07 Å². The number of hydrogen-bond donors (Lipinski definition) is 2. The van der Waals surface area contributed by atoms with Crippen LogP contribution in [0.5, 0.6) is 11.5 Å². The van der Waals surface area contributed by atoms with Crippen LogP contribution in [-0.2, 0) is 11.2 Å². The molecule has 0 saturated carbocycles. The van der Waals surface area contributed by atoms with Gasteiger partial charge in [0.1, 0.15) is 5.78 Å². The van der Waals surface area contributed by atoms with Crippen LogP contribution in [0.15, 0.2) is 18.2 Å². The molecule has 2 N–H and O–H groups in total. The highest BCUT2D eigenvalue weighted by Gasteiger charge is 2.04. The normalized spacial score (nSPS) is 11.0. The van der Waals surface area contributed by atoms with Crippen molar-refractivity contribution in [3.63, 3.8) is 0 Å². The highest BCUT2D eigenvalue weighted by atomic mass is 16.3. The van der Waals surface area contributed by atoms with Gasteiger partial charge in [-0.1, -0.05) is 77.2 Å². The van der Waals surface area contributed by atoms with Gasteiger partial charge in [-0.2, -0.15) is 0 Å². The molecule has 27 heavy (non-hydrogen) atoms. The minimum atomic E-state index is -0.0825. The Morgan fingerprint density at radius 2 is 1.22 bits per heavy atom. The van der Waals surface area contributed by atoms with Crippen LogP contribution < -0.4 is 0 Å². The second-order valence-corrected chi connectivity index (χ2v) is 7.85. The minimum absolute atomic E-state index is 0.0694. The Balaban J connectivity index is 1.89. The molecule has 0 aliphatic rings. The maximum absolute atomic E-state index is 11.9. The molecule has 0 heterocycles. The van der Waals surface area contributed by atoms with Crippen molar-refractivity contribution < 1.29 is 15.0 Å². The number of phenolic OH excluding ortho intramolecular Hbond substituents is 2. The van der Waals surface area contributed by atoms with Gasteiger partial charge in [0.05, 0.1) is 0 Å². The SMILES string of the molecule is CCCCCCCCCCCCCC(=O)CCCCc1ccc(O)c(O)c1. The molecule has 0 aromatic heterocycles. The van der Waals surface area contributed by atoms with Gasteiger partial charge in [-0.3, -0.25) is 4.79 Å². The van der Waals surface area contributed by atoms with Gasteiger partial charge in [-0.15, -0.1) is 0 Å². The van der Waals surface area contributed by atoms with Gasteiger partial charge >= 0.3 is 0 Å². The number of rotatable bonds is 17. The van der Waals surface area contributed by atoms with Crippen LogP contribution in [0.4, 0.5) is 0 Å². The summed E-state index contributed by atoms with van der Waals surface area (Å²) in [7, 11) is 0. The summed E-state index contributed by atoms with van der Waals surface area (Å²) < 4.78 is 0. The summed E-state index contributed by atoms with van der Waals surface area (Å²) in [5.41, 5.74) is 1.00. The van der Waals surface area contributed by atoms with E-state index in [9.17, 15) is 15.0 Å². The molecule has 3 heteroatoms. The van der Waals surface area contributed by atoms with E-state index in [0.29, 0.717) is 12.2 Å². The van der Waals surface area contributed by atoms with Crippen LogP contribution in [0.2, 0.25) is 0 Å². The van der Waals surface area contributed by atoms with Crippen molar-refractivity contribution in [3.05, 3.63) is 23.8 Å². The van der Waals surface area contributed by atoms with Crippen molar-refractivity contribution in [1.82, 2.24) is 0 Å². The molecular formula is C24H40O3. The first-order valence-corrected chi connectivity index (χ1v) is 11.2. The van der Waals surface area contributed by atoms with E-state index in [0.717, 1.165) is 37.7 Å². The molecule has 1 aromatic carbocycles. The number of aromatic hydroxyl groups is 2. The van der Waals surface area contributed by atoms with Crippen LogP contribution in [0.1, 0.15) is 109 Å². The zero-order valence-electron chi connectivity index (χ0n) is 17.3. The first-order chi connectivity index (χ1) is 13.1. The molecule has 0 spiro atoms. The Labute approximate surface area is 166 Å². The second kappa shape index (κ2) is 15.5. The molecular weight excluding hydrogens is 336 g/mol. The van der Waals surface area contributed by atoms with Gasteiger partial charge in [0.15, 0.2) is 11.5 Å². The summed E-state index contributed by atoms with van der Waals surface area (Å²) in [5, 5.41) is 18.8. The largest absolute Gasteiger partial charge is 0.504 e. The number of hydrogen-bond acceptors (Lipinski definition) is 3. The van der Waals surface area contributed by atoms with Crippen LogP contribution in [-0.4, -0.2) is 16.0 Å². The van der Waals surface area contributed by atoms with E-state index in [4.69, 9.17) is 0 Å². The van der Waals surface area contributed by atoms with Crippen LogP contribution in [0.25, 0.3) is 0 Å². The summed E-state index contributed by atoms with van der Waals surface area (Å²) in [5.74, 6) is 0.237. The van der Waals surface area contributed by atoms with Crippen LogP contribution in [0.3, 0.4) is 0 Å². The maximum Gasteiger partial charge on any atom is 0.157 e. The van der Waals surface area contributed by atoms with Gasteiger partial charge in [0.25, 0.3) is 0 Å². The van der Waals surface area contributed by atoms with Crippen molar-refractivity contribution >= 4 is 5.78 Å². The Hall–Kier alpha value is -1.51. The Morgan fingerprint density at radius 3 is 1.78 bits per heavy atom. The number of aryl methyl sites for hydroxylation is 1. The minimum Gasteiger partial charge on any atom is -0.504 e. The highest BCUT2D eigenvalue weighted by Crippen LogP contribution is 2.25. The number of carbonyl (C=O) groups is 1. The third-order valence-electron chi connectivity index (χ3n) is 5.27. The molecule has 0 fully saturated rings. The fraction of sp³-hybridized carbons (Fsp3) is 0.708. The first-order valence-electron chi connectivity index (χ1n) is 11.2. The molecule has 0 radical (unpaired) electrons. The number of ketones is 1. The number of Topliss-reactive ketones (excluding diaryl/α,β-unsaturated/α-hetero) is 1. The number of carbonyl (C=O) groups excluding carboxylic acids is 1. The van der Waals surface area contributed by atoms with Crippen molar-refractivity contribution in [1.29, 1.82) is 0 Å². The summed E-state index contributed by atoms with van der Waals surface area (Å²) in [6.07, 6.45) is 18.5. The third kappa shape index (κ3) is 12.5. The molecule has 0 unspecified atom stereocenters. The van der Waals surface area contributed by atoms with Crippen LogP contribution >= 0.6 is 0 Å². The van der Waals surface area contributed by atoms with Crippen LogP contribution in [0, 0.1) is 0 Å². The standard InChI is InChI=1S/C24H40O3/c1-2-3-4-5-6-7-8-9-10-11-12-16-22(25)17-14-13-15-21-18-19-23(26)24(27)20-21/h18-20,26-27H,2-17H2,1H3. The molecule has 1 rings (SSSR count). The van der Waals surface area contributed by atoms with E-state index >= 15 is 0 Å². The van der Waals surface area contributed by atoms with Crippen molar-refractivity contribution in [3.8, 4) is 11.5 Å². The Bertz CT molecular complexity index is 510. The van der Waals surface area contributed by atoms with Crippen molar-refractivity contribution in [2.75, 3.05) is 0 Å². The Kier molecular flexibility index (Phi) is 13.5. The van der Waals surface area contributed by atoms with Gasteiger partial charge in [-0.25, -0.2) is 0 Å². The molecule has 3 nitrogen and oxygen atoms in total. The van der Waals surface area contributed by atoms with Crippen molar-refractivity contribution in [2.24, 2.45) is 0 Å². The summed E-state index contributed by atoms with van der Waals surface area (Å²) in [4.78, 5) is 11.9. The maximum atomic E-state index is 11.9. The lowest BCUT2D eigenvalue weighted by atomic mass is 10.0. The fourth-order valence-corrected chi connectivity index (χ4v) is 3.49. The quantitative estimate of drug-likeness (QED) is 0.225. The molecule has 0 aliphatic heterocycles. The van der Waals surface area contributed by atoms with E-state index in [1.807, 2.05) is 6.07 Å². The van der Waals surface area contributed by atoms with Gasteiger partial charge in [-0.05, 0) is 43.4 Å². The molecule has 0 amide bonds. The van der Waals surface area contributed by atoms with E-state index < -0.39 is 0 Å². The lowest BCUT2D eigenvalue weighted by molar-refractivity contribution is -0.119. The summed E-state index contributed by atoms with van der Waals surface area (Å²) in [6.45, 7) is 2.26. The molecule has 0 aliphatic carbocycles. The number of unbranched alkanes of at least 4 members (excludes halogenated alkanes) is 11. The van der Waals surface area contributed by atoms with Crippen molar-refractivity contribution in [2.45, 2.75) is 110 Å². The van der Waals surface area contributed by atoms with E-state index in [2.05, 4.69) is 6.92 Å². The van der Waals surface area contributed by atoms with Gasteiger partial charge in [0.2, 0.25) is 0 Å². The molecule has 0 saturated heterocycles. The third-order valence-corrected chi connectivity index (χ3v) is 5.27. The predicted molar refractivity (Wildman–Crippen MR) is 113 cm³/mol. The summed E-state index contributed by atoms with van der Waals surface area (Å²) in [6, 6.07) is 4.94. The Morgan fingerprint density at radius 1 is 0.704 bits per heavy atom. The topological polar surface area (TPSA) is 57.5 Å². The van der Waals surface area contributed by atoms with E-state index in [1.165, 1.54) is 70.3 Å². The smallest absolute Gasteiger partial charge is 0.157 e. The molecule has 154 valence electrons. The molecule has 0 atom stereocenters. The average molecular weight is 377 g/mol. The lowest BCUT2D eigenvalue weighted by Crippen LogP contribution is -1.98. The zero-order valence-corrected chi connectivity index (χ0v) is 17.3. The second-order valence-electron chi connectivity index (χ2n) is 7.85. The number of phenols is 2. The number of benzene rings is 1. The highest BCUT2D eigenvalue weighted by molar-refractivity contribution is 5.78.